The summed E-state index contributed by atoms with van der Waals surface area (Å²) in [6.07, 6.45) is 2.01. The van der Waals surface area contributed by atoms with Crippen LogP contribution in [0, 0.1) is 5.92 Å². The highest BCUT2D eigenvalue weighted by molar-refractivity contribution is 6.30. The van der Waals surface area contributed by atoms with Crippen LogP contribution in [0.5, 0.6) is 5.75 Å². The van der Waals surface area contributed by atoms with Gasteiger partial charge in [0.1, 0.15) is 11.4 Å². The standard InChI is InChI=1S/C16H23ClN2O/c1-16(2)7-11-5-12(17)6-13(15(11)20-16)14-4-10(8-18)9-19(14)3/h5-6,10,14H,4,7-9,18H2,1-3H3. The van der Waals surface area contributed by atoms with Gasteiger partial charge < -0.3 is 10.5 Å². The highest BCUT2D eigenvalue weighted by Crippen LogP contribution is 2.46. The highest BCUT2D eigenvalue weighted by atomic mass is 35.5. The molecule has 0 radical (unpaired) electrons. The fourth-order valence-corrected chi connectivity index (χ4v) is 3.84. The summed E-state index contributed by atoms with van der Waals surface area (Å²) in [4.78, 5) is 2.37. The number of nitrogens with two attached hydrogens (primary N) is 1. The third-order valence-corrected chi connectivity index (χ3v) is 4.70. The Kier molecular flexibility index (Phi) is 3.47. The minimum Gasteiger partial charge on any atom is -0.487 e. The molecule has 1 aromatic rings. The third kappa shape index (κ3) is 2.43. The molecule has 1 saturated heterocycles. The number of ether oxygens (including phenoxy) is 1. The van der Waals surface area contributed by atoms with Crippen molar-refractivity contribution in [2.75, 3.05) is 20.1 Å². The van der Waals surface area contributed by atoms with Gasteiger partial charge in [0.25, 0.3) is 0 Å². The lowest BCUT2D eigenvalue weighted by molar-refractivity contribution is 0.135. The van der Waals surface area contributed by atoms with Crippen molar-refractivity contribution in [3.63, 3.8) is 0 Å². The van der Waals surface area contributed by atoms with Gasteiger partial charge in [0.05, 0.1) is 0 Å². The zero-order chi connectivity index (χ0) is 14.5. The van der Waals surface area contributed by atoms with Gasteiger partial charge in [-0.25, -0.2) is 0 Å². The fraction of sp³-hybridized carbons (Fsp3) is 0.625. The Morgan fingerprint density at radius 1 is 1.45 bits per heavy atom. The lowest BCUT2D eigenvalue weighted by Gasteiger charge is -2.24. The summed E-state index contributed by atoms with van der Waals surface area (Å²) >= 11 is 6.32. The van der Waals surface area contributed by atoms with Crippen molar-refractivity contribution in [3.05, 3.63) is 28.3 Å². The Labute approximate surface area is 126 Å². The van der Waals surface area contributed by atoms with E-state index in [1.54, 1.807) is 0 Å². The zero-order valence-electron chi connectivity index (χ0n) is 12.4. The first-order chi connectivity index (χ1) is 9.39. The molecule has 0 bridgehead atoms. The average molecular weight is 295 g/mol. The van der Waals surface area contributed by atoms with Gasteiger partial charge >= 0.3 is 0 Å². The summed E-state index contributed by atoms with van der Waals surface area (Å²) in [6.45, 7) is 6.05. The smallest absolute Gasteiger partial charge is 0.128 e. The number of nitrogens with zero attached hydrogens (tertiary/aromatic N) is 1. The molecule has 3 rings (SSSR count). The molecule has 1 aromatic carbocycles. The van der Waals surface area contributed by atoms with Crippen molar-refractivity contribution in [2.45, 2.75) is 38.3 Å². The second-order valence-electron chi connectivity index (χ2n) is 6.81. The third-order valence-electron chi connectivity index (χ3n) is 4.48. The van der Waals surface area contributed by atoms with E-state index in [4.69, 9.17) is 22.1 Å². The zero-order valence-corrected chi connectivity index (χ0v) is 13.2. The number of hydrogen-bond acceptors (Lipinski definition) is 3. The van der Waals surface area contributed by atoms with Gasteiger partial charge in [0.15, 0.2) is 0 Å². The van der Waals surface area contributed by atoms with Gasteiger partial charge in [-0.1, -0.05) is 11.6 Å². The molecular formula is C16H23ClN2O. The molecule has 2 N–H and O–H groups in total. The van der Waals surface area contributed by atoms with E-state index in [1.807, 2.05) is 6.07 Å². The molecule has 0 spiro atoms. The molecule has 2 atom stereocenters. The number of fused-ring (bicyclic) bond motifs is 1. The number of likely N-dealkylation sites (tertiary alicyclic amines) is 1. The van der Waals surface area contributed by atoms with Crippen molar-refractivity contribution >= 4 is 11.6 Å². The Balaban J connectivity index is 1.99. The van der Waals surface area contributed by atoms with Gasteiger partial charge in [0, 0.05) is 29.6 Å². The van der Waals surface area contributed by atoms with E-state index in [0.29, 0.717) is 12.0 Å². The van der Waals surface area contributed by atoms with Crippen LogP contribution in [0.25, 0.3) is 0 Å². The van der Waals surface area contributed by atoms with Gasteiger partial charge in [0.2, 0.25) is 0 Å². The largest absolute Gasteiger partial charge is 0.487 e. The number of rotatable bonds is 2. The van der Waals surface area contributed by atoms with Crippen LogP contribution in [-0.2, 0) is 6.42 Å². The molecule has 2 unspecified atom stereocenters. The summed E-state index contributed by atoms with van der Waals surface area (Å²) in [7, 11) is 2.16. The van der Waals surface area contributed by atoms with Crippen LogP contribution in [0.1, 0.15) is 37.4 Å². The molecule has 2 aliphatic rings. The lowest BCUT2D eigenvalue weighted by atomic mass is 9.95. The van der Waals surface area contributed by atoms with Gasteiger partial charge in [-0.05, 0) is 57.5 Å². The lowest BCUT2D eigenvalue weighted by Crippen LogP contribution is -2.25. The van der Waals surface area contributed by atoms with E-state index in [0.717, 1.165) is 36.7 Å². The maximum atomic E-state index is 6.32. The van der Waals surface area contributed by atoms with Crippen molar-refractivity contribution < 1.29 is 4.74 Å². The predicted octanol–water partition coefficient (Wildman–Crippen LogP) is 3.01. The topological polar surface area (TPSA) is 38.5 Å². The molecular weight excluding hydrogens is 272 g/mol. The second-order valence-corrected chi connectivity index (χ2v) is 7.25. The summed E-state index contributed by atoms with van der Waals surface area (Å²) in [5.41, 5.74) is 8.18. The molecule has 3 nitrogen and oxygen atoms in total. The molecule has 2 aliphatic heterocycles. The molecule has 110 valence electrons. The van der Waals surface area contributed by atoms with Crippen molar-refractivity contribution in [3.8, 4) is 5.75 Å². The van der Waals surface area contributed by atoms with E-state index >= 15 is 0 Å². The number of benzene rings is 1. The first-order valence-corrected chi connectivity index (χ1v) is 7.69. The van der Waals surface area contributed by atoms with Gasteiger partial charge in [-0.2, -0.15) is 0 Å². The second kappa shape index (κ2) is 4.90. The fourth-order valence-electron chi connectivity index (χ4n) is 3.59. The molecule has 2 heterocycles. The first kappa shape index (κ1) is 14.2. The highest BCUT2D eigenvalue weighted by Gasteiger charge is 2.37. The van der Waals surface area contributed by atoms with Crippen molar-refractivity contribution in [1.82, 2.24) is 4.90 Å². The SMILES string of the molecule is CN1CC(CN)CC1c1cc(Cl)cc2c1OC(C)(C)C2. The summed E-state index contributed by atoms with van der Waals surface area (Å²) < 4.78 is 6.19. The summed E-state index contributed by atoms with van der Waals surface area (Å²) in [6, 6.07) is 4.48. The van der Waals surface area contributed by atoms with Crippen LogP contribution >= 0.6 is 11.6 Å². The van der Waals surface area contributed by atoms with Crippen LogP contribution in [0.15, 0.2) is 12.1 Å². The van der Waals surface area contributed by atoms with Gasteiger partial charge in [-0.15, -0.1) is 0 Å². The molecule has 0 aliphatic carbocycles. The van der Waals surface area contributed by atoms with Crippen LogP contribution in [0.2, 0.25) is 5.02 Å². The molecule has 20 heavy (non-hydrogen) atoms. The van der Waals surface area contributed by atoms with Crippen molar-refractivity contribution in [2.24, 2.45) is 11.7 Å². The minimum atomic E-state index is -0.133. The normalized spacial score (nSPS) is 28.4. The number of hydrogen-bond donors (Lipinski definition) is 1. The number of halogens is 1. The van der Waals surface area contributed by atoms with Crippen LogP contribution < -0.4 is 10.5 Å². The molecule has 0 saturated carbocycles. The Hall–Kier alpha value is -0.770. The minimum absolute atomic E-state index is 0.133. The van der Waals surface area contributed by atoms with Crippen LogP contribution in [0.3, 0.4) is 0 Å². The van der Waals surface area contributed by atoms with Crippen LogP contribution in [0.4, 0.5) is 0 Å². The molecule has 0 aromatic heterocycles. The van der Waals surface area contributed by atoms with E-state index in [2.05, 4.69) is 31.9 Å². The molecule has 1 fully saturated rings. The first-order valence-electron chi connectivity index (χ1n) is 7.31. The summed E-state index contributed by atoms with van der Waals surface area (Å²) in [5, 5.41) is 0.810. The van der Waals surface area contributed by atoms with Crippen molar-refractivity contribution in [1.29, 1.82) is 0 Å². The molecule has 0 amide bonds. The van der Waals surface area contributed by atoms with E-state index < -0.39 is 0 Å². The maximum absolute atomic E-state index is 6.32. The summed E-state index contributed by atoms with van der Waals surface area (Å²) in [5.74, 6) is 1.61. The Morgan fingerprint density at radius 2 is 2.20 bits per heavy atom. The predicted molar refractivity (Wildman–Crippen MR) is 82.4 cm³/mol. The average Bonchev–Trinajstić information content (AvgIpc) is 2.86. The quantitative estimate of drug-likeness (QED) is 0.911. The van der Waals surface area contributed by atoms with E-state index in [-0.39, 0.29) is 5.60 Å². The molecule has 4 heteroatoms. The van der Waals surface area contributed by atoms with Crippen LogP contribution in [-0.4, -0.2) is 30.6 Å². The van der Waals surface area contributed by atoms with E-state index in [1.165, 1.54) is 11.1 Å². The maximum Gasteiger partial charge on any atom is 0.128 e. The van der Waals surface area contributed by atoms with Gasteiger partial charge in [-0.3, -0.25) is 4.90 Å². The monoisotopic (exact) mass is 294 g/mol. The Morgan fingerprint density at radius 3 is 2.85 bits per heavy atom. The van der Waals surface area contributed by atoms with E-state index in [9.17, 15) is 0 Å². The Bertz CT molecular complexity index is 529.